The van der Waals surface area contributed by atoms with Gasteiger partial charge in [-0.2, -0.15) is 0 Å². The van der Waals surface area contributed by atoms with Gasteiger partial charge in [0.1, 0.15) is 0 Å². The van der Waals surface area contributed by atoms with Crippen LogP contribution in [0.3, 0.4) is 0 Å². The Kier molecular flexibility index (Phi) is 4.77. The molecular weight excluding hydrogens is 248 g/mol. The Balaban J connectivity index is 2.15. The number of anilines is 1. The van der Waals surface area contributed by atoms with Crippen LogP contribution in [0.4, 0.5) is 5.69 Å². The van der Waals surface area contributed by atoms with Crippen LogP contribution < -0.4 is 10.6 Å². The van der Waals surface area contributed by atoms with Gasteiger partial charge < -0.3 is 10.6 Å². The number of rotatable bonds is 5. The number of likely N-dealkylation sites (N-methyl/N-ethyl adjacent to an activating group) is 1. The van der Waals surface area contributed by atoms with Crippen molar-refractivity contribution in [3.8, 4) is 0 Å². The largest absolute Gasteiger partial charge is 0.378 e. The molecule has 0 aliphatic carbocycles. The van der Waals surface area contributed by atoms with Gasteiger partial charge in [-0.1, -0.05) is 48.5 Å². The van der Waals surface area contributed by atoms with Crippen molar-refractivity contribution in [2.75, 3.05) is 12.4 Å². The number of para-hydroxylation sites is 1. The smallest absolute Gasteiger partial charge is 0.224 e. The predicted molar refractivity (Wildman–Crippen MR) is 82.7 cm³/mol. The number of amides is 1. The Morgan fingerprint density at radius 2 is 1.70 bits per heavy atom. The van der Waals surface area contributed by atoms with Crippen molar-refractivity contribution < 1.29 is 4.79 Å². The summed E-state index contributed by atoms with van der Waals surface area (Å²) in [5.41, 5.74) is 3.24. The highest BCUT2D eigenvalue weighted by Gasteiger charge is 2.09. The van der Waals surface area contributed by atoms with Crippen molar-refractivity contribution in [2.45, 2.75) is 19.4 Å². The summed E-state index contributed by atoms with van der Waals surface area (Å²) in [4.78, 5) is 11.6. The fraction of sp³-hybridized carbons (Fsp3) is 0.235. The first-order valence-electron chi connectivity index (χ1n) is 6.80. The van der Waals surface area contributed by atoms with Crippen molar-refractivity contribution in [1.29, 1.82) is 0 Å². The van der Waals surface area contributed by atoms with E-state index in [9.17, 15) is 4.79 Å². The first kappa shape index (κ1) is 14.1. The average Bonchev–Trinajstić information content (AvgIpc) is 2.50. The van der Waals surface area contributed by atoms with Crippen molar-refractivity contribution in [3.05, 3.63) is 65.7 Å². The lowest BCUT2D eigenvalue weighted by Crippen LogP contribution is -2.20. The zero-order valence-corrected chi connectivity index (χ0v) is 11.9. The molecule has 1 unspecified atom stereocenters. The maximum absolute atomic E-state index is 11.6. The summed E-state index contributed by atoms with van der Waals surface area (Å²) in [6.07, 6.45) is 0.390. The molecule has 0 heterocycles. The van der Waals surface area contributed by atoms with Crippen molar-refractivity contribution in [1.82, 2.24) is 5.32 Å². The van der Waals surface area contributed by atoms with Crippen molar-refractivity contribution in [3.63, 3.8) is 0 Å². The minimum absolute atomic E-state index is 0.0200. The molecule has 2 aromatic rings. The van der Waals surface area contributed by atoms with E-state index in [4.69, 9.17) is 0 Å². The van der Waals surface area contributed by atoms with Gasteiger partial charge in [0.2, 0.25) is 5.91 Å². The third-order valence-electron chi connectivity index (χ3n) is 3.32. The highest BCUT2D eigenvalue weighted by Crippen LogP contribution is 2.22. The van der Waals surface area contributed by atoms with Gasteiger partial charge in [0.05, 0.1) is 6.42 Å². The Labute approximate surface area is 120 Å². The quantitative estimate of drug-likeness (QED) is 0.874. The molecule has 0 fully saturated rings. The summed E-state index contributed by atoms with van der Waals surface area (Å²) >= 11 is 0. The molecule has 3 nitrogen and oxygen atoms in total. The maximum Gasteiger partial charge on any atom is 0.224 e. The molecule has 1 atom stereocenters. The minimum Gasteiger partial charge on any atom is -0.378 e. The van der Waals surface area contributed by atoms with E-state index in [0.717, 1.165) is 11.3 Å². The zero-order valence-electron chi connectivity index (χ0n) is 11.9. The topological polar surface area (TPSA) is 41.1 Å². The number of hydrogen-bond acceptors (Lipinski definition) is 2. The van der Waals surface area contributed by atoms with Crippen LogP contribution in [0.1, 0.15) is 24.1 Å². The van der Waals surface area contributed by atoms with Crippen LogP contribution in [0.5, 0.6) is 0 Å². The number of carbonyl (C=O) groups is 1. The van der Waals surface area contributed by atoms with E-state index in [1.165, 1.54) is 5.56 Å². The summed E-state index contributed by atoms with van der Waals surface area (Å²) in [6, 6.07) is 18.4. The molecule has 0 bridgehead atoms. The van der Waals surface area contributed by atoms with E-state index in [2.05, 4.69) is 29.7 Å². The standard InChI is InChI=1S/C17H20N2O/c1-13(14-8-4-3-5-9-14)19-16-11-7-6-10-15(16)12-17(20)18-2/h3-11,13,19H,12H2,1-2H3,(H,18,20). The van der Waals surface area contributed by atoms with Gasteiger partial charge in [-0.15, -0.1) is 0 Å². The molecule has 0 spiro atoms. The Morgan fingerprint density at radius 3 is 2.40 bits per heavy atom. The van der Waals surface area contributed by atoms with E-state index in [-0.39, 0.29) is 11.9 Å². The maximum atomic E-state index is 11.6. The molecule has 1 amide bonds. The first-order chi connectivity index (χ1) is 9.70. The van der Waals surface area contributed by atoms with Crippen LogP contribution in [0.15, 0.2) is 54.6 Å². The molecule has 20 heavy (non-hydrogen) atoms. The summed E-state index contributed by atoms with van der Waals surface area (Å²) < 4.78 is 0. The molecule has 2 aromatic carbocycles. The second-order valence-electron chi connectivity index (χ2n) is 4.78. The Bertz CT molecular complexity index is 566. The normalized spacial score (nSPS) is 11.7. The van der Waals surface area contributed by atoms with Gasteiger partial charge in [-0.3, -0.25) is 4.79 Å². The Hall–Kier alpha value is -2.29. The van der Waals surface area contributed by atoms with Gasteiger partial charge in [0, 0.05) is 18.8 Å². The number of hydrogen-bond donors (Lipinski definition) is 2. The summed E-state index contributed by atoms with van der Waals surface area (Å²) in [5, 5.41) is 6.14. The Morgan fingerprint density at radius 1 is 1.05 bits per heavy atom. The molecule has 0 radical (unpaired) electrons. The van der Waals surface area contributed by atoms with Gasteiger partial charge in [0.15, 0.2) is 0 Å². The molecule has 0 aliphatic heterocycles. The summed E-state index contributed by atoms with van der Waals surface area (Å²) in [5.74, 6) is 0.0200. The SMILES string of the molecule is CNC(=O)Cc1ccccc1NC(C)c1ccccc1. The fourth-order valence-corrected chi connectivity index (χ4v) is 2.13. The molecule has 2 N–H and O–H groups in total. The van der Waals surface area contributed by atoms with Gasteiger partial charge in [-0.05, 0) is 24.1 Å². The van der Waals surface area contributed by atoms with E-state index < -0.39 is 0 Å². The molecule has 3 heteroatoms. The monoisotopic (exact) mass is 268 g/mol. The van der Waals surface area contributed by atoms with Crippen LogP contribution >= 0.6 is 0 Å². The molecule has 0 saturated carbocycles. The second kappa shape index (κ2) is 6.75. The third-order valence-corrected chi connectivity index (χ3v) is 3.32. The van der Waals surface area contributed by atoms with E-state index in [1.807, 2.05) is 42.5 Å². The van der Waals surface area contributed by atoms with E-state index in [0.29, 0.717) is 6.42 Å². The van der Waals surface area contributed by atoms with Gasteiger partial charge >= 0.3 is 0 Å². The number of nitrogens with one attached hydrogen (secondary N) is 2. The van der Waals surface area contributed by atoms with Crippen LogP contribution in [0.25, 0.3) is 0 Å². The first-order valence-corrected chi connectivity index (χ1v) is 6.80. The second-order valence-corrected chi connectivity index (χ2v) is 4.78. The highest BCUT2D eigenvalue weighted by molar-refractivity contribution is 5.80. The van der Waals surface area contributed by atoms with Crippen LogP contribution in [0.2, 0.25) is 0 Å². The summed E-state index contributed by atoms with van der Waals surface area (Å²) in [6.45, 7) is 2.12. The average molecular weight is 268 g/mol. The highest BCUT2D eigenvalue weighted by atomic mass is 16.1. The molecule has 104 valence electrons. The fourth-order valence-electron chi connectivity index (χ4n) is 2.13. The van der Waals surface area contributed by atoms with E-state index >= 15 is 0 Å². The third kappa shape index (κ3) is 3.60. The van der Waals surface area contributed by atoms with Crippen LogP contribution in [0, 0.1) is 0 Å². The van der Waals surface area contributed by atoms with E-state index in [1.54, 1.807) is 7.05 Å². The van der Waals surface area contributed by atoms with Crippen LogP contribution in [-0.4, -0.2) is 13.0 Å². The van der Waals surface area contributed by atoms with Gasteiger partial charge in [0.25, 0.3) is 0 Å². The van der Waals surface area contributed by atoms with Gasteiger partial charge in [-0.25, -0.2) is 0 Å². The lowest BCUT2D eigenvalue weighted by Gasteiger charge is -2.18. The lowest BCUT2D eigenvalue weighted by atomic mass is 10.1. The lowest BCUT2D eigenvalue weighted by molar-refractivity contribution is -0.119. The molecule has 0 aliphatic rings. The molecule has 0 aromatic heterocycles. The summed E-state index contributed by atoms with van der Waals surface area (Å²) in [7, 11) is 1.66. The van der Waals surface area contributed by atoms with Crippen LogP contribution in [-0.2, 0) is 11.2 Å². The van der Waals surface area contributed by atoms with Crippen molar-refractivity contribution >= 4 is 11.6 Å². The molecule has 2 rings (SSSR count). The number of carbonyl (C=O) groups excluding carboxylic acids is 1. The number of benzene rings is 2. The minimum atomic E-state index is 0.0200. The predicted octanol–water partition coefficient (Wildman–Crippen LogP) is 3.15. The molecule has 0 saturated heterocycles. The molecular formula is C17H20N2O. The zero-order chi connectivity index (χ0) is 14.4. The van der Waals surface area contributed by atoms with Crippen molar-refractivity contribution in [2.24, 2.45) is 0 Å².